The second-order valence-electron chi connectivity index (χ2n) is 5.76. The smallest absolute Gasteiger partial charge is 0.161 e. The van der Waals surface area contributed by atoms with Gasteiger partial charge in [-0.1, -0.05) is 29.8 Å². The summed E-state index contributed by atoms with van der Waals surface area (Å²) in [5.41, 5.74) is 2.94. The van der Waals surface area contributed by atoms with Crippen molar-refractivity contribution >= 4 is 17.3 Å². The van der Waals surface area contributed by atoms with Crippen LogP contribution in [0.5, 0.6) is 11.5 Å². The summed E-state index contributed by atoms with van der Waals surface area (Å²) in [5.74, 6) is 1.04. The molecule has 134 valence electrons. The van der Waals surface area contributed by atoms with Crippen molar-refractivity contribution in [3.8, 4) is 11.5 Å². The van der Waals surface area contributed by atoms with Gasteiger partial charge in [-0.3, -0.25) is 0 Å². The van der Waals surface area contributed by atoms with Crippen LogP contribution in [0, 0.1) is 5.82 Å². The third kappa shape index (κ3) is 4.90. The normalized spacial score (nSPS) is 10.4. The summed E-state index contributed by atoms with van der Waals surface area (Å²) < 4.78 is 24.2. The van der Waals surface area contributed by atoms with E-state index < -0.39 is 0 Å². The third-order valence-corrected chi connectivity index (χ3v) is 4.13. The lowest BCUT2D eigenvalue weighted by molar-refractivity contribution is 0.284. The minimum Gasteiger partial charge on any atom is -0.493 e. The average molecular weight is 372 g/mol. The lowest BCUT2D eigenvalue weighted by atomic mass is 10.2. The number of hydrogen-bond donors (Lipinski definition) is 1. The molecule has 0 fully saturated rings. The minimum atomic E-state index is -0.260. The number of anilines is 1. The van der Waals surface area contributed by atoms with Crippen molar-refractivity contribution in [2.45, 2.75) is 13.2 Å². The molecule has 3 aromatic rings. The molecule has 3 nitrogen and oxygen atoms in total. The molecule has 0 atom stereocenters. The Labute approximate surface area is 157 Å². The second kappa shape index (κ2) is 8.59. The molecule has 0 heterocycles. The molecule has 0 unspecified atom stereocenters. The first-order valence-corrected chi connectivity index (χ1v) is 8.55. The van der Waals surface area contributed by atoms with Crippen molar-refractivity contribution in [1.82, 2.24) is 0 Å². The number of nitrogens with one attached hydrogen (secondary N) is 1. The highest BCUT2D eigenvalue weighted by molar-refractivity contribution is 6.30. The van der Waals surface area contributed by atoms with Gasteiger partial charge in [-0.25, -0.2) is 4.39 Å². The maximum absolute atomic E-state index is 13.0. The SMILES string of the molecule is COc1cc(CNc2ccc(Cl)cc2)ccc1OCc1ccc(F)cc1. The maximum Gasteiger partial charge on any atom is 0.161 e. The largest absolute Gasteiger partial charge is 0.493 e. The van der Waals surface area contributed by atoms with E-state index in [1.807, 2.05) is 42.5 Å². The van der Waals surface area contributed by atoms with E-state index in [1.54, 1.807) is 19.2 Å². The van der Waals surface area contributed by atoms with Gasteiger partial charge in [0.25, 0.3) is 0 Å². The van der Waals surface area contributed by atoms with Gasteiger partial charge in [-0.15, -0.1) is 0 Å². The average Bonchev–Trinajstić information content (AvgIpc) is 2.67. The zero-order valence-electron chi connectivity index (χ0n) is 14.3. The van der Waals surface area contributed by atoms with Crippen molar-refractivity contribution in [1.29, 1.82) is 0 Å². The van der Waals surface area contributed by atoms with Crippen LogP contribution in [0.25, 0.3) is 0 Å². The predicted octanol–water partition coefficient (Wildman–Crippen LogP) is 5.68. The van der Waals surface area contributed by atoms with Gasteiger partial charge in [0, 0.05) is 17.3 Å². The molecule has 26 heavy (non-hydrogen) atoms. The highest BCUT2D eigenvalue weighted by Gasteiger charge is 2.07. The Morgan fingerprint density at radius 2 is 1.58 bits per heavy atom. The van der Waals surface area contributed by atoms with Crippen LogP contribution in [0.4, 0.5) is 10.1 Å². The number of methoxy groups -OCH3 is 1. The number of halogens is 2. The Hall–Kier alpha value is -2.72. The van der Waals surface area contributed by atoms with Gasteiger partial charge < -0.3 is 14.8 Å². The van der Waals surface area contributed by atoms with Gasteiger partial charge in [0.05, 0.1) is 7.11 Å². The van der Waals surface area contributed by atoms with Gasteiger partial charge in [0.2, 0.25) is 0 Å². The van der Waals surface area contributed by atoms with E-state index in [1.165, 1.54) is 12.1 Å². The van der Waals surface area contributed by atoms with E-state index in [-0.39, 0.29) is 5.82 Å². The van der Waals surface area contributed by atoms with Crippen LogP contribution in [0.15, 0.2) is 66.7 Å². The molecule has 0 aliphatic carbocycles. The molecule has 5 heteroatoms. The predicted molar refractivity (Wildman–Crippen MR) is 103 cm³/mol. The van der Waals surface area contributed by atoms with Crippen LogP contribution in [-0.2, 0) is 13.2 Å². The van der Waals surface area contributed by atoms with Crippen LogP contribution in [0.3, 0.4) is 0 Å². The quantitative estimate of drug-likeness (QED) is 0.579. The fraction of sp³-hybridized carbons (Fsp3) is 0.143. The first-order valence-electron chi connectivity index (χ1n) is 8.17. The van der Waals surface area contributed by atoms with Crippen LogP contribution in [0.1, 0.15) is 11.1 Å². The van der Waals surface area contributed by atoms with Crippen LogP contribution >= 0.6 is 11.6 Å². The molecular formula is C21H19ClFNO2. The molecule has 0 radical (unpaired) electrons. The summed E-state index contributed by atoms with van der Waals surface area (Å²) >= 11 is 5.89. The van der Waals surface area contributed by atoms with Crippen molar-refractivity contribution < 1.29 is 13.9 Å². The summed E-state index contributed by atoms with van der Waals surface area (Å²) in [7, 11) is 1.61. The minimum absolute atomic E-state index is 0.260. The molecule has 0 aromatic heterocycles. The number of rotatable bonds is 7. The van der Waals surface area contributed by atoms with Gasteiger partial charge in [0.15, 0.2) is 11.5 Å². The summed E-state index contributed by atoms with van der Waals surface area (Å²) in [5, 5.41) is 4.04. The molecule has 1 N–H and O–H groups in total. The molecular weight excluding hydrogens is 353 g/mol. The molecule has 0 spiro atoms. The molecule has 0 saturated heterocycles. The molecule has 0 saturated carbocycles. The second-order valence-corrected chi connectivity index (χ2v) is 6.20. The molecule has 0 aliphatic rings. The van der Waals surface area contributed by atoms with Crippen molar-refractivity contribution in [3.63, 3.8) is 0 Å². The molecule has 0 bridgehead atoms. The fourth-order valence-corrected chi connectivity index (χ4v) is 2.58. The zero-order valence-corrected chi connectivity index (χ0v) is 15.1. The molecule has 3 aromatic carbocycles. The standard InChI is InChI=1S/C21H19ClFNO2/c1-25-21-12-16(13-24-19-9-5-17(22)6-10-19)4-11-20(21)26-14-15-2-7-18(23)8-3-15/h2-12,24H,13-14H2,1H3. The van der Waals surface area contributed by atoms with E-state index in [2.05, 4.69) is 5.32 Å². The van der Waals surface area contributed by atoms with E-state index in [0.29, 0.717) is 29.7 Å². The number of ether oxygens (including phenoxy) is 2. The molecule has 3 rings (SSSR count). The Kier molecular flexibility index (Phi) is 5.97. The Bertz CT molecular complexity index is 851. The molecule has 0 amide bonds. The van der Waals surface area contributed by atoms with Crippen LogP contribution in [-0.4, -0.2) is 7.11 Å². The highest BCUT2D eigenvalue weighted by atomic mass is 35.5. The van der Waals surface area contributed by atoms with Crippen molar-refractivity contribution in [3.05, 3.63) is 88.7 Å². The molecule has 0 aliphatic heterocycles. The lowest BCUT2D eigenvalue weighted by Crippen LogP contribution is -2.01. The highest BCUT2D eigenvalue weighted by Crippen LogP contribution is 2.29. The van der Waals surface area contributed by atoms with Crippen LogP contribution < -0.4 is 14.8 Å². The number of hydrogen-bond acceptors (Lipinski definition) is 3. The third-order valence-electron chi connectivity index (χ3n) is 3.88. The van der Waals surface area contributed by atoms with E-state index >= 15 is 0 Å². The summed E-state index contributed by atoms with van der Waals surface area (Å²) in [6.07, 6.45) is 0. The summed E-state index contributed by atoms with van der Waals surface area (Å²) in [6, 6.07) is 19.6. The Balaban J connectivity index is 1.63. The van der Waals surface area contributed by atoms with Crippen molar-refractivity contribution in [2.24, 2.45) is 0 Å². The topological polar surface area (TPSA) is 30.5 Å². The summed E-state index contributed by atoms with van der Waals surface area (Å²) in [6.45, 7) is 0.995. The first-order chi connectivity index (χ1) is 12.6. The summed E-state index contributed by atoms with van der Waals surface area (Å²) in [4.78, 5) is 0. The maximum atomic E-state index is 13.0. The monoisotopic (exact) mass is 371 g/mol. The van der Waals surface area contributed by atoms with E-state index in [0.717, 1.165) is 16.8 Å². The fourth-order valence-electron chi connectivity index (χ4n) is 2.45. The van der Waals surface area contributed by atoms with Gasteiger partial charge in [0.1, 0.15) is 12.4 Å². The van der Waals surface area contributed by atoms with Gasteiger partial charge >= 0.3 is 0 Å². The number of benzene rings is 3. The van der Waals surface area contributed by atoms with Gasteiger partial charge in [-0.2, -0.15) is 0 Å². The van der Waals surface area contributed by atoms with E-state index in [4.69, 9.17) is 21.1 Å². The zero-order chi connectivity index (χ0) is 18.4. The van der Waals surface area contributed by atoms with Crippen molar-refractivity contribution in [2.75, 3.05) is 12.4 Å². The Morgan fingerprint density at radius 1 is 0.885 bits per heavy atom. The van der Waals surface area contributed by atoms with Crippen LogP contribution in [0.2, 0.25) is 5.02 Å². The van der Waals surface area contributed by atoms with Gasteiger partial charge in [-0.05, 0) is 59.7 Å². The first kappa shape index (κ1) is 18.1. The van der Waals surface area contributed by atoms with E-state index in [9.17, 15) is 4.39 Å². The lowest BCUT2D eigenvalue weighted by Gasteiger charge is -2.13. The Morgan fingerprint density at radius 3 is 2.27 bits per heavy atom.